The van der Waals surface area contributed by atoms with Gasteiger partial charge in [-0.2, -0.15) is 10.4 Å². The number of hydrogen-bond acceptors (Lipinski definition) is 5. The smallest absolute Gasteiger partial charge is 0.235 e. The lowest BCUT2D eigenvalue weighted by molar-refractivity contribution is -0.125. The van der Waals surface area contributed by atoms with Crippen LogP contribution in [0.2, 0.25) is 0 Å². The molecule has 2 aliphatic rings. The van der Waals surface area contributed by atoms with E-state index in [1.807, 2.05) is 25.5 Å². The molecule has 0 radical (unpaired) electrons. The topological polar surface area (TPSA) is 83.2 Å². The summed E-state index contributed by atoms with van der Waals surface area (Å²) < 4.78 is 7.80. The summed E-state index contributed by atoms with van der Waals surface area (Å²) in [6.07, 6.45) is 2.06. The molecule has 0 aromatic carbocycles. The maximum atomic E-state index is 12.4. The molecule has 0 unspecified atom stereocenters. The summed E-state index contributed by atoms with van der Waals surface area (Å²) in [6.45, 7) is 8.87. The molecule has 1 aliphatic heterocycles. The maximum Gasteiger partial charge on any atom is 0.235 e. The lowest BCUT2D eigenvalue weighted by atomic mass is 9.98. The summed E-state index contributed by atoms with van der Waals surface area (Å²) in [4.78, 5) is 14.5. The molecule has 25 heavy (non-hydrogen) atoms. The van der Waals surface area contributed by atoms with Gasteiger partial charge in [-0.15, -0.1) is 0 Å². The largest absolute Gasteiger partial charge is 0.374 e. The third-order valence-corrected chi connectivity index (χ3v) is 5.10. The van der Waals surface area contributed by atoms with Crippen LogP contribution in [0.4, 0.5) is 0 Å². The molecule has 2 fully saturated rings. The van der Waals surface area contributed by atoms with Crippen LogP contribution >= 0.6 is 0 Å². The van der Waals surface area contributed by atoms with Gasteiger partial charge in [0.25, 0.3) is 0 Å². The molecule has 2 atom stereocenters. The van der Waals surface area contributed by atoms with Crippen LogP contribution in [0.15, 0.2) is 6.07 Å². The number of nitrogens with zero attached hydrogens (tertiary/aromatic N) is 4. The third-order valence-electron chi connectivity index (χ3n) is 5.10. The van der Waals surface area contributed by atoms with Gasteiger partial charge in [0.1, 0.15) is 5.54 Å². The number of amides is 1. The van der Waals surface area contributed by atoms with Crippen molar-refractivity contribution < 1.29 is 9.53 Å². The highest BCUT2D eigenvalue weighted by molar-refractivity contribution is 5.79. The Bertz CT molecular complexity index is 675. The Morgan fingerprint density at radius 1 is 1.52 bits per heavy atom. The summed E-state index contributed by atoms with van der Waals surface area (Å²) in [7, 11) is 0. The molecule has 0 bridgehead atoms. The highest BCUT2D eigenvalue weighted by Gasteiger charge is 2.43. The summed E-state index contributed by atoms with van der Waals surface area (Å²) in [5.41, 5.74) is 1.39. The van der Waals surface area contributed by atoms with E-state index in [0.29, 0.717) is 32.2 Å². The second kappa shape index (κ2) is 7.14. The van der Waals surface area contributed by atoms with E-state index in [1.54, 1.807) is 0 Å². The van der Waals surface area contributed by atoms with Crippen molar-refractivity contribution in [3.8, 4) is 6.07 Å². The van der Waals surface area contributed by atoms with Gasteiger partial charge >= 0.3 is 0 Å². The number of carbonyl (C=O) groups is 1. The van der Waals surface area contributed by atoms with Crippen molar-refractivity contribution in [2.45, 2.75) is 51.8 Å². The van der Waals surface area contributed by atoms with Crippen molar-refractivity contribution >= 4 is 5.91 Å². The minimum Gasteiger partial charge on any atom is -0.374 e. The molecule has 2 heterocycles. The second-order valence-electron chi connectivity index (χ2n) is 7.47. The van der Waals surface area contributed by atoms with E-state index in [1.165, 1.54) is 0 Å². The molecular formula is C18H27N5O2. The quantitative estimate of drug-likeness (QED) is 0.832. The van der Waals surface area contributed by atoms with Gasteiger partial charge in [-0.3, -0.25) is 14.4 Å². The molecule has 1 aromatic heterocycles. The minimum absolute atomic E-state index is 0.0188. The van der Waals surface area contributed by atoms with Crippen molar-refractivity contribution in [3.05, 3.63) is 17.5 Å². The maximum absolute atomic E-state index is 12.4. The summed E-state index contributed by atoms with van der Waals surface area (Å²) in [6, 6.07) is 4.32. The number of nitrogens with one attached hydrogen (secondary N) is 1. The molecule has 0 spiro atoms. The van der Waals surface area contributed by atoms with Crippen LogP contribution in [-0.2, 0) is 16.1 Å². The summed E-state index contributed by atoms with van der Waals surface area (Å²) in [5.74, 6) is 0.215. The molecule has 7 heteroatoms. The first-order valence-electron chi connectivity index (χ1n) is 8.97. The Labute approximate surface area is 148 Å². The molecule has 1 saturated carbocycles. The first-order chi connectivity index (χ1) is 11.9. The average Bonchev–Trinajstić information content (AvgIpc) is 3.35. The first kappa shape index (κ1) is 17.9. The Kier molecular flexibility index (Phi) is 5.11. The zero-order valence-corrected chi connectivity index (χ0v) is 15.3. The van der Waals surface area contributed by atoms with Crippen LogP contribution in [0.1, 0.15) is 31.2 Å². The Morgan fingerprint density at radius 2 is 2.28 bits per heavy atom. The SMILES string of the molecule is Cc1cc(C)n(C[C@H]2CN(CC(=O)N[C@](C)(C#N)C3CC3)CCO2)n1. The fraction of sp³-hybridized carbons (Fsp3) is 0.722. The van der Waals surface area contributed by atoms with Crippen LogP contribution in [-0.4, -0.2) is 58.5 Å². The Morgan fingerprint density at radius 3 is 2.88 bits per heavy atom. The van der Waals surface area contributed by atoms with E-state index in [2.05, 4.69) is 27.5 Å². The highest BCUT2D eigenvalue weighted by atomic mass is 16.5. The molecule has 1 aliphatic carbocycles. The number of nitriles is 1. The van der Waals surface area contributed by atoms with Crippen LogP contribution in [0.3, 0.4) is 0 Å². The third kappa shape index (κ3) is 4.39. The highest BCUT2D eigenvalue weighted by Crippen LogP contribution is 2.39. The van der Waals surface area contributed by atoms with Gasteiger partial charge in [0.2, 0.25) is 5.91 Å². The summed E-state index contributed by atoms with van der Waals surface area (Å²) >= 11 is 0. The standard InChI is InChI=1S/C18H27N5O2/c1-13-8-14(2)23(21-13)10-16-9-22(6-7-25-16)11-17(24)20-18(3,12-19)15-4-5-15/h8,15-16H,4-7,9-11H2,1-3H3,(H,20,24)/t16-,18-/m1/s1. The molecule has 7 nitrogen and oxygen atoms in total. The van der Waals surface area contributed by atoms with Crippen molar-refractivity contribution in [1.29, 1.82) is 5.26 Å². The number of aromatic nitrogens is 2. The predicted octanol–water partition coefficient (Wildman–Crippen LogP) is 1.01. The number of carbonyl (C=O) groups excluding carboxylic acids is 1. The Hall–Kier alpha value is -1.91. The fourth-order valence-electron chi connectivity index (χ4n) is 3.50. The van der Waals surface area contributed by atoms with Crippen molar-refractivity contribution in [2.75, 3.05) is 26.2 Å². The molecule has 1 amide bonds. The van der Waals surface area contributed by atoms with Crippen LogP contribution in [0.25, 0.3) is 0 Å². The monoisotopic (exact) mass is 345 g/mol. The molecular weight excluding hydrogens is 318 g/mol. The van der Waals surface area contributed by atoms with E-state index >= 15 is 0 Å². The minimum atomic E-state index is -0.730. The van der Waals surface area contributed by atoms with Gasteiger partial charge < -0.3 is 10.1 Å². The molecule has 3 rings (SSSR count). The zero-order chi connectivity index (χ0) is 18.0. The lowest BCUT2D eigenvalue weighted by Gasteiger charge is -2.33. The van der Waals surface area contributed by atoms with E-state index in [-0.39, 0.29) is 12.0 Å². The molecule has 136 valence electrons. The van der Waals surface area contributed by atoms with Crippen LogP contribution < -0.4 is 5.32 Å². The number of hydrogen-bond donors (Lipinski definition) is 1. The Balaban J connectivity index is 1.52. The normalized spacial score (nSPS) is 23.7. The molecule has 1 saturated heterocycles. The molecule has 1 aromatic rings. The van der Waals surface area contributed by atoms with E-state index in [9.17, 15) is 10.1 Å². The van der Waals surface area contributed by atoms with Gasteiger partial charge in [-0.05, 0) is 45.6 Å². The number of rotatable bonds is 6. The second-order valence-corrected chi connectivity index (χ2v) is 7.47. The van der Waals surface area contributed by atoms with Crippen molar-refractivity contribution in [3.63, 3.8) is 0 Å². The van der Waals surface area contributed by atoms with Gasteiger partial charge in [0.15, 0.2) is 0 Å². The number of morpholine rings is 1. The van der Waals surface area contributed by atoms with Gasteiger partial charge in [0, 0.05) is 18.8 Å². The van der Waals surface area contributed by atoms with Crippen molar-refractivity contribution in [2.24, 2.45) is 5.92 Å². The van der Waals surface area contributed by atoms with E-state index in [0.717, 1.165) is 30.8 Å². The number of ether oxygens (including phenoxy) is 1. The van der Waals surface area contributed by atoms with Crippen molar-refractivity contribution in [1.82, 2.24) is 20.0 Å². The fourth-order valence-corrected chi connectivity index (χ4v) is 3.50. The van der Waals surface area contributed by atoms with Gasteiger partial charge in [0.05, 0.1) is 37.6 Å². The number of aryl methyl sites for hydroxylation is 2. The van der Waals surface area contributed by atoms with E-state index < -0.39 is 5.54 Å². The van der Waals surface area contributed by atoms with Crippen LogP contribution in [0.5, 0.6) is 0 Å². The van der Waals surface area contributed by atoms with E-state index in [4.69, 9.17) is 4.74 Å². The predicted molar refractivity (Wildman–Crippen MR) is 92.8 cm³/mol. The first-order valence-corrected chi connectivity index (χ1v) is 8.97. The van der Waals surface area contributed by atoms with Crippen LogP contribution in [0, 0.1) is 31.1 Å². The average molecular weight is 345 g/mol. The lowest BCUT2D eigenvalue weighted by Crippen LogP contribution is -2.53. The molecule has 1 N–H and O–H groups in total. The van der Waals surface area contributed by atoms with Gasteiger partial charge in [-0.1, -0.05) is 0 Å². The summed E-state index contributed by atoms with van der Waals surface area (Å²) in [5, 5.41) is 16.8. The van der Waals surface area contributed by atoms with Gasteiger partial charge in [-0.25, -0.2) is 0 Å². The zero-order valence-electron chi connectivity index (χ0n) is 15.3.